The maximum absolute atomic E-state index is 8.68. The fourth-order valence-electron chi connectivity index (χ4n) is 1.59. The Hall–Kier alpha value is -0.120. The molecule has 0 aromatic carbocycles. The van der Waals surface area contributed by atoms with Crippen LogP contribution in [0.25, 0.3) is 0 Å². The summed E-state index contributed by atoms with van der Waals surface area (Å²) in [6, 6.07) is 0.561. The van der Waals surface area contributed by atoms with Gasteiger partial charge in [-0.25, -0.2) is 0 Å². The lowest BCUT2D eigenvalue weighted by Gasteiger charge is -2.13. The van der Waals surface area contributed by atoms with E-state index in [0.29, 0.717) is 6.04 Å². The van der Waals surface area contributed by atoms with E-state index >= 15 is 0 Å². The molecule has 0 aromatic rings. The molecule has 2 fully saturated rings. The van der Waals surface area contributed by atoms with Crippen LogP contribution in [0.15, 0.2) is 0 Å². The molecule has 1 saturated carbocycles. The minimum absolute atomic E-state index is 0.0475. The predicted molar refractivity (Wildman–Crippen MR) is 31.7 cm³/mol. The zero-order valence-corrected chi connectivity index (χ0v) is 5.12. The van der Waals surface area contributed by atoms with Gasteiger partial charge in [-0.2, -0.15) is 0 Å². The minimum atomic E-state index is -1.15. The maximum Gasteiger partial charge on any atom is 0.167 e. The first-order valence-electron chi connectivity index (χ1n) is 3.39. The van der Waals surface area contributed by atoms with E-state index in [4.69, 9.17) is 10.2 Å². The summed E-state index contributed by atoms with van der Waals surface area (Å²) in [6.45, 7) is 0. The highest BCUT2D eigenvalue weighted by atomic mass is 16.5. The molecule has 1 aliphatic heterocycles. The summed E-state index contributed by atoms with van der Waals surface area (Å²) in [6.07, 6.45) is 1.03. The molecular formula is C6H11NO2. The van der Waals surface area contributed by atoms with E-state index in [1.165, 1.54) is 6.42 Å². The summed E-state index contributed by atoms with van der Waals surface area (Å²) in [5.41, 5.74) is 0. The molecule has 9 heavy (non-hydrogen) atoms. The number of fused-ring (bicyclic) bond motifs is 1. The molecule has 1 heterocycles. The van der Waals surface area contributed by atoms with Crippen LogP contribution in [0.1, 0.15) is 12.8 Å². The molecule has 1 unspecified atom stereocenters. The summed E-state index contributed by atoms with van der Waals surface area (Å²) in [4.78, 5) is 0. The number of hydrogen-bond acceptors (Lipinski definition) is 3. The van der Waals surface area contributed by atoms with E-state index < -0.39 is 6.29 Å². The summed E-state index contributed by atoms with van der Waals surface area (Å²) in [5.74, 6) is 0.747. The Kier molecular flexibility index (Phi) is 1.06. The van der Waals surface area contributed by atoms with Gasteiger partial charge in [0.25, 0.3) is 0 Å². The van der Waals surface area contributed by atoms with E-state index in [2.05, 4.69) is 5.32 Å². The summed E-state index contributed by atoms with van der Waals surface area (Å²) < 4.78 is 0. The Bertz CT molecular complexity index is 116. The summed E-state index contributed by atoms with van der Waals surface area (Å²) >= 11 is 0. The van der Waals surface area contributed by atoms with E-state index in [9.17, 15) is 0 Å². The molecule has 3 heteroatoms. The van der Waals surface area contributed by atoms with Gasteiger partial charge in [0.05, 0.1) is 6.04 Å². The third-order valence-corrected chi connectivity index (χ3v) is 2.27. The number of rotatable bonds is 1. The standard InChI is InChI=1S/C6H11NO2/c8-6(9)5-2-3-1-4(3)7-5/h3-9H,1-2H2/t3-,4?,5-/m0/s1. The van der Waals surface area contributed by atoms with Gasteiger partial charge in [-0.15, -0.1) is 0 Å². The molecule has 3 atom stereocenters. The van der Waals surface area contributed by atoms with Crippen molar-refractivity contribution >= 4 is 0 Å². The van der Waals surface area contributed by atoms with Crippen LogP contribution in [0, 0.1) is 5.92 Å². The highest BCUT2D eigenvalue weighted by Crippen LogP contribution is 2.41. The van der Waals surface area contributed by atoms with Crippen molar-refractivity contribution < 1.29 is 10.2 Å². The highest BCUT2D eigenvalue weighted by Gasteiger charge is 2.47. The van der Waals surface area contributed by atoms with Crippen molar-refractivity contribution in [2.45, 2.75) is 31.2 Å². The van der Waals surface area contributed by atoms with Crippen LogP contribution < -0.4 is 5.32 Å². The van der Waals surface area contributed by atoms with Crippen molar-refractivity contribution in [2.24, 2.45) is 5.92 Å². The third-order valence-electron chi connectivity index (χ3n) is 2.27. The largest absolute Gasteiger partial charge is 0.367 e. The van der Waals surface area contributed by atoms with Crippen LogP contribution >= 0.6 is 0 Å². The molecule has 3 N–H and O–H groups in total. The van der Waals surface area contributed by atoms with Gasteiger partial charge in [0.15, 0.2) is 6.29 Å². The van der Waals surface area contributed by atoms with Gasteiger partial charge in [-0.3, -0.25) is 0 Å². The molecule has 0 spiro atoms. The third kappa shape index (κ3) is 0.852. The van der Waals surface area contributed by atoms with Crippen molar-refractivity contribution in [3.05, 3.63) is 0 Å². The Balaban J connectivity index is 1.90. The Morgan fingerprint density at radius 3 is 2.44 bits per heavy atom. The minimum Gasteiger partial charge on any atom is -0.367 e. The molecule has 2 aliphatic rings. The van der Waals surface area contributed by atoms with Crippen LogP contribution in [0.2, 0.25) is 0 Å². The first-order chi connectivity index (χ1) is 4.27. The summed E-state index contributed by atoms with van der Waals surface area (Å²) in [7, 11) is 0. The van der Waals surface area contributed by atoms with Gasteiger partial charge in [-0.05, 0) is 18.8 Å². The van der Waals surface area contributed by atoms with E-state index in [1.807, 2.05) is 0 Å². The lowest BCUT2D eigenvalue weighted by molar-refractivity contribution is -0.0651. The van der Waals surface area contributed by atoms with Crippen LogP contribution in [0.4, 0.5) is 0 Å². The zero-order valence-electron chi connectivity index (χ0n) is 5.12. The van der Waals surface area contributed by atoms with Gasteiger partial charge < -0.3 is 15.5 Å². The van der Waals surface area contributed by atoms with Gasteiger partial charge in [0.2, 0.25) is 0 Å². The second-order valence-corrected chi connectivity index (χ2v) is 3.02. The fraction of sp³-hybridized carbons (Fsp3) is 1.00. The van der Waals surface area contributed by atoms with E-state index in [-0.39, 0.29) is 6.04 Å². The zero-order chi connectivity index (χ0) is 6.43. The van der Waals surface area contributed by atoms with Crippen molar-refractivity contribution in [3.63, 3.8) is 0 Å². The van der Waals surface area contributed by atoms with Gasteiger partial charge in [-0.1, -0.05) is 0 Å². The Morgan fingerprint density at radius 2 is 2.11 bits per heavy atom. The molecule has 0 amide bonds. The molecule has 2 rings (SSSR count). The molecular weight excluding hydrogens is 118 g/mol. The van der Waals surface area contributed by atoms with Crippen molar-refractivity contribution in [1.82, 2.24) is 5.32 Å². The number of aliphatic hydroxyl groups excluding tert-OH is 1. The second-order valence-electron chi connectivity index (χ2n) is 3.02. The lowest BCUT2D eigenvalue weighted by Crippen LogP contribution is -2.36. The summed E-state index contributed by atoms with van der Waals surface area (Å²) in [5, 5.41) is 20.5. The average Bonchev–Trinajstić information content (AvgIpc) is 2.40. The van der Waals surface area contributed by atoms with Crippen LogP contribution in [-0.4, -0.2) is 28.6 Å². The van der Waals surface area contributed by atoms with Crippen LogP contribution in [0.5, 0.6) is 0 Å². The SMILES string of the molecule is OC(O)[C@@H]1C[C@@H]2CC2N1. The smallest absolute Gasteiger partial charge is 0.167 e. The van der Waals surface area contributed by atoms with Crippen molar-refractivity contribution in [3.8, 4) is 0 Å². The van der Waals surface area contributed by atoms with E-state index in [0.717, 1.165) is 12.3 Å². The molecule has 0 aromatic heterocycles. The van der Waals surface area contributed by atoms with Gasteiger partial charge in [0.1, 0.15) is 0 Å². The second kappa shape index (κ2) is 1.68. The fourth-order valence-corrected chi connectivity index (χ4v) is 1.59. The highest BCUT2D eigenvalue weighted by molar-refractivity contribution is 5.03. The van der Waals surface area contributed by atoms with Crippen LogP contribution in [0.3, 0.4) is 0 Å². The van der Waals surface area contributed by atoms with Crippen molar-refractivity contribution in [1.29, 1.82) is 0 Å². The molecule has 52 valence electrons. The predicted octanol–water partition coefficient (Wildman–Crippen LogP) is -0.953. The maximum atomic E-state index is 8.68. The molecule has 3 nitrogen and oxygen atoms in total. The number of aliphatic hydroxyl groups is 2. The van der Waals surface area contributed by atoms with Gasteiger partial charge >= 0.3 is 0 Å². The number of hydrogen-bond donors (Lipinski definition) is 3. The first-order valence-corrected chi connectivity index (χ1v) is 3.39. The quantitative estimate of drug-likeness (QED) is 0.400. The van der Waals surface area contributed by atoms with Gasteiger partial charge in [0, 0.05) is 6.04 Å². The monoisotopic (exact) mass is 129 g/mol. The normalized spacial score (nSPS) is 47.7. The topological polar surface area (TPSA) is 52.5 Å². The molecule has 1 aliphatic carbocycles. The number of nitrogens with one attached hydrogen (secondary N) is 1. The first kappa shape index (κ1) is 5.65. The molecule has 0 radical (unpaired) electrons. The van der Waals surface area contributed by atoms with Crippen molar-refractivity contribution in [2.75, 3.05) is 0 Å². The lowest BCUT2D eigenvalue weighted by atomic mass is 10.2. The Labute approximate surface area is 53.7 Å². The molecule has 1 saturated heterocycles. The average molecular weight is 129 g/mol. The Morgan fingerprint density at radius 1 is 1.33 bits per heavy atom. The number of piperidine rings is 1. The molecule has 0 bridgehead atoms. The van der Waals surface area contributed by atoms with Crippen LogP contribution in [-0.2, 0) is 0 Å². The van der Waals surface area contributed by atoms with E-state index in [1.54, 1.807) is 0 Å².